The molecule has 1 unspecified atom stereocenters. The molecule has 0 radical (unpaired) electrons. The smallest absolute Gasteiger partial charge is 0.267 e. The molecular weight excluding hydrogens is 470 g/mol. The Morgan fingerprint density at radius 1 is 0.865 bits per heavy atom. The average Bonchev–Trinajstić information content (AvgIpc) is 3.14. The standard InChI is InChI=1S/C29H27N3O5/c1-19-27(34)31(17-15-20-8-3-2-4-9-20)24-14-13-21(18-25(24)37-19)30-26(33)12-7-16-32-28(35)22-10-5-6-11-23(22)29(32)36/h2-6,8-11,13-14,18-19H,7,12,15-17H2,1H3,(H,30,33). The molecule has 3 aromatic carbocycles. The first kappa shape index (κ1) is 24.2. The van der Waals surface area contributed by atoms with Crippen LogP contribution in [0.2, 0.25) is 0 Å². The lowest BCUT2D eigenvalue weighted by Crippen LogP contribution is -2.45. The Labute approximate surface area is 214 Å². The third kappa shape index (κ3) is 4.95. The normalized spacial score (nSPS) is 16.4. The van der Waals surface area contributed by atoms with Gasteiger partial charge in [-0.2, -0.15) is 0 Å². The van der Waals surface area contributed by atoms with Gasteiger partial charge in [-0.3, -0.25) is 24.1 Å². The van der Waals surface area contributed by atoms with Crippen LogP contribution in [0.25, 0.3) is 0 Å². The Morgan fingerprint density at radius 2 is 1.54 bits per heavy atom. The molecule has 8 nitrogen and oxygen atoms in total. The van der Waals surface area contributed by atoms with Crippen molar-refractivity contribution in [1.82, 2.24) is 4.90 Å². The molecule has 5 rings (SSSR count). The second kappa shape index (κ2) is 10.3. The second-order valence-electron chi connectivity index (χ2n) is 9.13. The molecule has 1 N–H and O–H groups in total. The van der Waals surface area contributed by atoms with Crippen molar-refractivity contribution in [3.8, 4) is 5.75 Å². The first-order valence-corrected chi connectivity index (χ1v) is 12.3. The van der Waals surface area contributed by atoms with E-state index >= 15 is 0 Å². The number of ether oxygens (including phenoxy) is 1. The van der Waals surface area contributed by atoms with Gasteiger partial charge < -0.3 is 15.0 Å². The maximum absolute atomic E-state index is 12.8. The molecule has 37 heavy (non-hydrogen) atoms. The first-order valence-electron chi connectivity index (χ1n) is 12.3. The topological polar surface area (TPSA) is 96.0 Å². The van der Waals surface area contributed by atoms with Gasteiger partial charge in [0.2, 0.25) is 5.91 Å². The summed E-state index contributed by atoms with van der Waals surface area (Å²) in [6, 6.07) is 21.9. The number of imide groups is 1. The van der Waals surface area contributed by atoms with Crippen molar-refractivity contribution < 1.29 is 23.9 Å². The fourth-order valence-electron chi connectivity index (χ4n) is 4.67. The number of nitrogens with zero attached hydrogens (tertiary/aromatic N) is 2. The van der Waals surface area contributed by atoms with Gasteiger partial charge in [-0.1, -0.05) is 42.5 Å². The van der Waals surface area contributed by atoms with E-state index < -0.39 is 6.10 Å². The SMILES string of the molecule is CC1Oc2cc(NC(=O)CCCN3C(=O)c4ccccc4C3=O)ccc2N(CCc2ccccc2)C1=O. The molecule has 2 aliphatic heterocycles. The van der Waals surface area contributed by atoms with Gasteiger partial charge in [-0.15, -0.1) is 0 Å². The van der Waals surface area contributed by atoms with Gasteiger partial charge in [0.15, 0.2) is 6.10 Å². The third-order valence-electron chi connectivity index (χ3n) is 6.58. The third-order valence-corrected chi connectivity index (χ3v) is 6.58. The Morgan fingerprint density at radius 3 is 2.24 bits per heavy atom. The minimum absolute atomic E-state index is 0.103. The minimum atomic E-state index is -0.631. The molecule has 0 bridgehead atoms. The number of fused-ring (bicyclic) bond motifs is 2. The monoisotopic (exact) mass is 497 g/mol. The van der Waals surface area contributed by atoms with Gasteiger partial charge in [-0.25, -0.2) is 0 Å². The quantitative estimate of drug-likeness (QED) is 0.474. The number of rotatable bonds is 8. The van der Waals surface area contributed by atoms with Crippen molar-refractivity contribution in [2.45, 2.75) is 32.3 Å². The van der Waals surface area contributed by atoms with Crippen LogP contribution in [0.3, 0.4) is 0 Å². The summed E-state index contributed by atoms with van der Waals surface area (Å²) >= 11 is 0. The van der Waals surface area contributed by atoms with Crippen molar-refractivity contribution in [3.05, 3.63) is 89.5 Å². The maximum Gasteiger partial charge on any atom is 0.267 e. The molecule has 2 aliphatic rings. The highest BCUT2D eigenvalue weighted by Gasteiger charge is 2.35. The summed E-state index contributed by atoms with van der Waals surface area (Å²) in [7, 11) is 0. The fourth-order valence-corrected chi connectivity index (χ4v) is 4.67. The van der Waals surface area contributed by atoms with E-state index in [9.17, 15) is 19.2 Å². The van der Waals surface area contributed by atoms with E-state index in [1.807, 2.05) is 30.3 Å². The van der Waals surface area contributed by atoms with Gasteiger partial charge in [-0.05, 0) is 49.6 Å². The summed E-state index contributed by atoms with van der Waals surface area (Å²) < 4.78 is 5.83. The van der Waals surface area contributed by atoms with Gasteiger partial charge in [0, 0.05) is 31.3 Å². The zero-order chi connectivity index (χ0) is 25.9. The van der Waals surface area contributed by atoms with Crippen LogP contribution in [0.15, 0.2) is 72.8 Å². The van der Waals surface area contributed by atoms with E-state index in [0.717, 1.165) is 5.56 Å². The molecule has 3 aromatic rings. The molecule has 1 atom stereocenters. The number of amides is 4. The summed E-state index contributed by atoms with van der Waals surface area (Å²) in [5.74, 6) is -0.462. The average molecular weight is 498 g/mol. The maximum atomic E-state index is 12.8. The number of anilines is 2. The number of nitrogens with one attached hydrogen (secondary N) is 1. The molecule has 8 heteroatoms. The highest BCUT2D eigenvalue weighted by Crippen LogP contribution is 2.36. The molecule has 2 heterocycles. The molecule has 0 aromatic heterocycles. The number of hydrogen-bond donors (Lipinski definition) is 1. The van der Waals surface area contributed by atoms with E-state index in [-0.39, 0.29) is 36.6 Å². The van der Waals surface area contributed by atoms with E-state index in [4.69, 9.17) is 4.74 Å². The summed E-state index contributed by atoms with van der Waals surface area (Å²) in [6.45, 7) is 2.40. The number of carbonyl (C=O) groups excluding carboxylic acids is 4. The Hall–Kier alpha value is -4.46. The van der Waals surface area contributed by atoms with Crippen molar-refractivity contribution in [2.24, 2.45) is 0 Å². The molecule has 4 amide bonds. The lowest BCUT2D eigenvalue weighted by molar-refractivity contribution is -0.125. The highest BCUT2D eigenvalue weighted by atomic mass is 16.5. The molecule has 0 saturated heterocycles. The summed E-state index contributed by atoms with van der Waals surface area (Å²) in [5, 5.41) is 2.84. The van der Waals surface area contributed by atoms with Crippen molar-refractivity contribution in [3.63, 3.8) is 0 Å². The zero-order valence-electron chi connectivity index (χ0n) is 20.5. The summed E-state index contributed by atoms with van der Waals surface area (Å²) in [5.41, 5.74) is 3.16. The van der Waals surface area contributed by atoms with Crippen LogP contribution in [0.1, 0.15) is 46.0 Å². The predicted octanol–water partition coefficient (Wildman–Crippen LogP) is 4.06. The van der Waals surface area contributed by atoms with E-state index in [2.05, 4.69) is 5.32 Å². The lowest BCUT2D eigenvalue weighted by atomic mass is 10.1. The van der Waals surface area contributed by atoms with Crippen molar-refractivity contribution >= 4 is 35.0 Å². The molecule has 188 valence electrons. The molecular formula is C29H27N3O5. The summed E-state index contributed by atoms with van der Waals surface area (Å²) in [4.78, 5) is 53.2. The Balaban J connectivity index is 1.18. The van der Waals surface area contributed by atoms with Crippen LogP contribution in [-0.2, 0) is 16.0 Å². The van der Waals surface area contributed by atoms with E-state index in [1.165, 1.54) is 4.90 Å². The van der Waals surface area contributed by atoms with Crippen LogP contribution in [-0.4, -0.2) is 47.7 Å². The van der Waals surface area contributed by atoms with E-state index in [1.54, 1.807) is 54.3 Å². The van der Waals surface area contributed by atoms with Gasteiger partial charge in [0.05, 0.1) is 16.8 Å². The summed E-state index contributed by atoms with van der Waals surface area (Å²) in [6.07, 6.45) is 0.569. The van der Waals surface area contributed by atoms with E-state index in [0.29, 0.717) is 47.6 Å². The predicted molar refractivity (Wildman–Crippen MR) is 139 cm³/mol. The molecule has 0 fully saturated rings. The lowest BCUT2D eigenvalue weighted by Gasteiger charge is -2.33. The Kier molecular flexibility index (Phi) is 6.72. The first-order chi connectivity index (χ1) is 17.9. The van der Waals surface area contributed by atoms with Crippen LogP contribution in [0.5, 0.6) is 5.75 Å². The van der Waals surface area contributed by atoms with Crippen LogP contribution in [0.4, 0.5) is 11.4 Å². The van der Waals surface area contributed by atoms with Gasteiger partial charge >= 0.3 is 0 Å². The fraction of sp³-hybridized carbons (Fsp3) is 0.241. The molecule has 0 saturated carbocycles. The van der Waals surface area contributed by atoms with Crippen LogP contribution >= 0.6 is 0 Å². The largest absolute Gasteiger partial charge is 0.479 e. The van der Waals surface area contributed by atoms with Crippen LogP contribution < -0.4 is 15.0 Å². The Bertz CT molecular complexity index is 1340. The second-order valence-corrected chi connectivity index (χ2v) is 9.13. The zero-order valence-corrected chi connectivity index (χ0v) is 20.5. The minimum Gasteiger partial charge on any atom is -0.479 e. The van der Waals surface area contributed by atoms with Crippen molar-refractivity contribution in [2.75, 3.05) is 23.3 Å². The number of benzene rings is 3. The number of hydrogen-bond acceptors (Lipinski definition) is 5. The molecule has 0 aliphatic carbocycles. The number of carbonyl (C=O) groups is 4. The van der Waals surface area contributed by atoms with Gasteiger partial charge in [0.25, 0.3) is 17.7 Å². The van der Waals surface area contributed by atoms with Crippen LogP contribution in [0, 0.1) is 0 Å². The van der Waals surface area contributed by atoms with Crippen molar-refractivity contribution in [1.29, 1.82) is 0 Å². The van der Waals surface area contributed by atoms with Gasteiger partial charge in [0.1, 0.15) is 5.75 Å². The molecule has 0 spiro atoms. The highest BCUT2D eigenvalue weighted by molar-refractivity contribution is 6.21.